The van der Waals surface area contributed by atoms with Crippen LogP contribution in [-0.4, -0.2) is 51.6 Å². The Morgan fingerprint density at radius 2 is 1.86 bits per heavy atom. The molecule has 116 valence electrons. The van der Waals surface area contributed by atoms with E-state index in [9.17, 15) is 9.59 Å². The van der Waals surface area contributed by atoms with Gasteiger partial charge in [0.25, 0.3) is 0 Å². The number of ether oxygens (including phenoxy) is 1. The maximum Gasteiger partial charge on any atom is 0.434 e. The van der Waals surface area contributed by atoms with Crippen molar-refractivity contribution < 1.29 is 14.3 Å². The van der Waals surface area contributed by atoms with Crippen LogP contribution < -0.4 is 10.6 Å². The van der Waals surface area contributed by atoms with E-state index < -0.39 is 6.09 Å². The van der Waals surface area contributed by atoms with Gasteiger partial charge in [-0.15, -0.1) is 0 Å². The highest BCUT2D eigenvalue weighted by Gasteiger charge is 1.96. The monoisotopic (exact) mass is 314 g/mol. The second-order valence-electron chi connectivity index (χ2n) is 3.89. The number of anilines is 1. The van der Waals surface area contributed by atoms with Crippen molar-refractivity contribution in [1.82, 2.24) is 10.2 Å². The predicted octanol–water partition coefficient (Wildman–Crippen LogP) is 2.43. The van der Waals surface area contributed by atoms with Gasteiger partial charge in [0.2, 0.25) is 0 Å². The lowest BCUT2D eigenvalue weighted by Gasteiger charge is -2.02. The largest absolute Gasteiger partial charge is 0.451 e. The summed E-state index contributed by atoms with van der Waals surface area (Å²) in [7, 11) is 6.39. The van der Waals surface area contributed by atoms with E-state index in [4.69, 9.17) is 11.6 Å². The van der Waals surface area contributed by atoms with Crippen molar-refractivity contribution in [3.05, 3.63) is 29.3 Å². The Balaban J connectivity index is 0.000000400. The zero-order valence-corrected chi connectivity index (χ0v) is 13.1. The van der Waals surface area contributed by atoms with Crippen LogP contribution in [-0.2, 0) is 4.74 Å². The van der Waals surface area contributed by atoms with Crippen LogP contribution in [0.3, 0.4) is 0 Å². The standard InChI is InChI=1S/C8H9ClN2O.C5H10N2O2/c1-10-8(12)11-7-4-2-6(9)3-5-7;1-7(2)4-6-5(8)9-3/h2-5H,1H3,(H2,10,11,12);4H,1-3H3. The van der Waals surface area contributed by atoms with Gasteiger partial charge in [-0.2, -0.15) is 4.99 Å². The Labute approximate surface area is 128 Å². The topological polar surface area (TPSA) is 83.0 Å². The summed E-state index contributed by atoms with van der Waals surface area (Å²) in [6, 6.07) is 6.66. The van der Waals surface area contributed by atoms with Crippen LogP contribution in [0.1, 0.15) is 0 Å². The number of nitrogens with zero attached hydrogens (tertiary/aromatic N) is 2. The van der Waals surface area contributed by atoms with Crippen molar-refractivity contribution in [3.8, 4) is 0 Å². The average Bonchev–Trinajstić information content (AvgIpc) is 2.47. The third-order valence-corrected chi connectivity index (χ3v) is 2.15. The summed E-state index contributed by atoms with van der Waals surface area (Å²) >= 11 is 5.65. The molecule has 0 unspecified atom stereocenters. The number of carbonyl (C=O) groups excluding carboxylic acids is 2. The molecule has 8 heteroatoms. The van der Waals surface area contributed by atoms with E-state index in [-0.39, 0.29) is 6.03 Å². The molecule has 0 saturated carbocycles. The molecule has 0 aliphatic carbocycles. The molecule has 0 aromatic heterocycles. The second kappa shape index (κ2) is 10.5. The number of hydrogen-bond acceptors (Lipinski definition) is 3. The number of benzene rings is 1. The Morgan fingerprint density at radius 1 is 1.29 bits per heavy atom. The van der Waals surface area contributed by atoms with Gasteiger partial charge in [-0.1, -0.05) is 11.6 Å². The number of urea groups is 1. The highest BCUT2D eigenvalue weighted by atomic mass is 35.5. The second-order valence-corrected chi connectivity index (χ2v) is 4.33. The van der Waals surface area contributed by atoms with Gasteiger partial charge in [0.05, 0.1) is 13.4 Å². The summed E-state index contributed by atoms with van der Waals surface area (Å²) in [6.45, 7) is 0. The van der Waals surface area contributed by atoms with E-state index in [2.05, 4.69) is 20.4 Å². The highest BCUT2D eigenvalue weighted by Crippen LogP contribution is 2.12. The number of methoxy groups -OCH3 is 1. The number of halogens is 1. The molecule has 0 aliphatic rings. The van der Waals surface area contributed by atoms with Crippen molar-refractivity contribution >= 4 is 35.8 Å². The third kappa shape index (κ3) is 10.2. The minimum atomic E-state index is -0.580. The van der Waals surface area contributed by atoms with E-state index in [1.165, 1.54) is 13.4 Å². The molecule has 21 heavy (non-hydrogen) atoms. The van der Waals surface area contributed by atoms with Gasteiger partial charge >= 0.3 is 12.1 Å². The molecule has 0 spiro atoms. The Hall–Kier alpha value is -2.28. The number of carbonyl (C=O) groups is 2. The van der Waals surface area contributed by atoms with Gasteiger partial charge in [0, 0.05) is 31.9 Å². The maximum atomic E-state index is 10.8. The van der Waals surface area contributed by atoms with Crippen LogP contribution >= 0.6 is 11.6 Å². The zero-order chi connectivity index (χ0) is 16.3. The third-order valence-electron chi connectivity index (χ3n) is 1.90. The minimum absolute atomic E-state index is 0.239. The first kappa shape index (κ1) is 18.7. The first-order valence-electron chi connectivity index (χ1n) is 5.92. The van der Waals surface area contributed by atoms with E-state index in [0.29, 0.717) is 5.02 Å². The van der Waals surface area contributed by atoms with Crippen LogP contribution in [0, 0.1) is 0 Å². The Bertz CT molecular complexity index is 475. The molecule has 1 aromatic rings. The van der Waals surface area contributed by atoms with Crippen molar-refractivity contribution in [1.29, 1.82) is 0 Å². The molecule has 0 fully saturated rings. The molecular weight excluding hydrogens is 296 g/mol. The summed E-state index contributed by atoms with van der Waals surface area (Å²) in [5.74, 6) is 0. The van der Waals surface area contributed by atoms with E-state index in [0.717, 1.165) is 5.69 Å². The number of amides is 3. The summed E-state index contributed by atoms with van der Waals surface area (Å²) in [5.41, 5.74) is 0.721. The van der Waals surface area contributed by atoms with Gasteiger partial charge < -0.3 is 20.3 Å². The number of hydrogen-bond donors (Lipinski definition) is 2. The van der Waals surface area contributed by atoms with Gasteiger partial charge in [-0.3, -0.25) is 0 Å². The number of aliphatic imine (C=N–C) groups is 1. The Morgan fingerprint density at radius 3 is 2.29 bits per heavy atom. The van der Waals surface area contributed by atoms with Crippen molar-refractivity contribution in [3.63, 3.8) is 0 Å². The average molecular weight is 315 g/mol. The molecule has 1 rings (SSSR count). The number of nitrogens with one attached hydrogen (secondary N) is 2. The molecule has 1 aromatic carbocycles. The van der Waals surface area contributed by atoms with Crippen LogP contribution in [0.4, 0.5) is 15.3 Å². The lowest BCUT2D eigenvalue weighted by atomic mass is 10.3. The zero-order valence-electron chi connectivity index (χ0n) is 12.4. The molecule has 0 heterocycles. The minimum Gasteiger partial charge on any atom is -0.451 e. The SMILES string of the molecule is CNC(=O)Nc1ccc(Cl)cc1.COC(=O)N=CN(C)C. The van der Waals surface area contributed by atoms with Crippen molar-refractivity contribution in [2.45, 2.75) is 0 Å². The van der Waals surface area contributed by atoms with Crippen molar-refractivity contribution in [2.75, 3.05) is 33.6 Å². The fourth-order valence-electron chi connectivity index (χ4n) is 0.942. The van der Waals surface area contributed by atoms with Gasteiger partial charge in [-0.05, 0) is 24.3 Å². The molecule has 2 N–H and O–H groups in total. The van der Waals surface area contributed by atoms with Crippen LogP contribution in [0.15, 0.2) is 29.3 Å². The highest BCUT2D eigenvalue weighted by molar-refractivity contribution is 6.30. The van der Waals surface area contributed by atoms with E-state index >= 15 is 0 Å². The fraction of sp³-hybridized carbons (Fsp3) is 0.308. The first-order valence-corrected chi connectivity index (χ1v) is 6.29. The van der Waals surface area contributed by atoms with Crippen molar-refractivity contribution in [2.24, 2.45) is 4.99 Å². The predicted molar refractivity (Wildman–Crippen MR) is 84.1 cm³/mol. The number of rotatable bonds is 2. The maximum absolute atomic E-state index is 10.8. The quantitative estimate of drug-likeness (QED) is 0.648. The smallest absolute Gasteiger partial charge is 0.434 e. The summed E-state index contributed by atoms with van der Waals surface area (Å²) in [5, 5.41) is 5.71. The first-order chi connectivity index (χ1) is 9.88. The van der Waals surface area contributed by atoms with Gasteiger partial charge in [-0.25, -0.2) is 9.59 Å². The fourth-order valence-corrected chi connectivity index (χ4v) is 1.07. The van der Waals surface area contributed by atoms with Gasteiger partial charge in [0.15, 0.2) is 0 Å². The summed E-state index contributed by atoms with van der Waals surface area (Å²) in [6.07, 6.45) is 0.801. The lowest BCUT2D eigenvalue weighted by Crippen LogP contribution is -2.24. The van der Waals surface area contributed by atoms with Gasteiger partial charge in [0.1, 0.15) is 0 Å². The van der Waals surface area contributed by atoms with E-state index in [1.54, 1.807) is 50.3 Å². The summed E-state index contributed by atoms with van der Waals surface area (Å²) < 4.78 is 4.24. The molecule has 0 radical (unpaired) electrons. The molecule has 3 amide bonds. The lowest BCUT2D eigenvalue weighted by molar-refractivity contribution is 0.182. The van der Waals surface area contributed by atoms with E-state index in [1.807, 2.05) is 0 Å². The molecule has 0 aliphatic heterocycles. The van der Waals surface area contributed by atoms with Crippen LogP contribution in [0.25, 0.3) is 0 Å². The molecule has 0 bridgehead atoms. The molecule has 7 nitrogen and oxygen atoms in total. The van der Waals surface area contributed by atoms with Crippen LogP contribution in [0.2, 0.25) is 5.02 Å². The molecule has 0 atom stereocenters. The molecule has 0 saturated heterocycles. The van der Waals surface area contributed by atoms with Crippen LogP contribution in [0.5, 0.6) is 0 Å². The Kier molecular flexibility index (Phi) is 9.36. The molecular formula is C13H19ClN4O3. The summed E-state index contributed by atoms with van der Waals surface area (Å²) in [4.78, 5) is 26.1. The normalized spacial score (nSPS) is 9.38.